The quantitative estimate of drug-likeness (QED) is 0.302. The summed E-state index contributed by atoms with van der Waals surface area (Å²) < 4.78 is 5.52. The van der Waals surface area contributed by atoms with Crippen molar-refractivity contribution in [2.75, 3.05) is 16.3 Å². The molecule has 0 unspecified atom stereocenters. The molecule has 0 bridgehead atoms. The predicted molar refractivity (Wildman–Crippen MR) is 126 cm³/mol. The maximum atomic E-state index is 12.9. The normalized spacial score (nSPS) is 26.2. The molecule has 0 spiro atoms. The molecule has 2 aromatic carbocycles. The fourth-order valence-corrected chi connectivity index (χ4v) is 5.10. The molecule has 2 heterocycles. The number of rotatable bonds is 4. The molecule has 0 saturated carbocycles. The number of fused-ring (bicyclic) bond motifs is 1. The minimum atomic E-state index is -0.563. The van der Waals surface area contributed by atoms with E-state index in [4.69, 9.17) is 4.74 Å². The van der Waals surface area contributed by atoms with Crippen LogP contribution in [0.5, 0.6) is 5.75 Å². The van der Waals surface area contributed by atoms with Gasteiger partial charge in [-0.3, -0.25) is 24.1 Å². The van der Waals surface area contributed by atoms with Gasteiger partial charge in [-0.2, -0.15) is 0 Å². The molecular weight excluding hydrogens is 432 g/mol. The smallest absolute Gasteiger partial charge is 0.316 e. The number of esters is 1. The molecule has 5 rings (SSSR count). The van der Waals surface area contributed by atoms with Crippen LogP contribution in [0, 0.1) is 30.6 Å². The summed E-state index contributed by atoms with van der Waals surface area (Å²) in [5, 5.41) is 0. The first-order chi connectivity index (χ1) is 16.3. The standard InChI is InChI=1S/C27H26N2O5/c1-16-6-8-19(9-7-16)28-15-18(14-23(28)30)27(33)34-21-12-10-20(11-13-21)29-25(31)22-5-3-4-17(2)24(22)26(29)32/h3-4,6-13,17-18,22,24H,5,14-15H2,1-2H3/t17-,18+,22+,24+/m1/s1. The molecule has 34 heavy (non-hydrogen) atoms. The number of nitrogens with zero attached hydrogens (tertiary/aromatic N) is 2. The maximum Gasteiger partial charge on any atom is 0.316 e. The van der Waals surface area contributed by atoms with Crippen molar-refractivity contribution >= 4 is 35.1 Å². The summed E-state index contributed by atoms with van der Waals surface area (Å²) in [5.41, 5.74) is 2.33. The van der Waals surface area contributed by atoms with E-state index in [-0.39, 0.29) is 48.4 Å². The lowest BCUT2D eigenvalue weighted by atomic mass is 9.78. The molecule has 2 saturated heterocycles. The van der Waals surface area contributed by atoms with Crippen LogP contribution in [-0.2, 0) is 19.2 Å². The van der Waals surface area contributed by atoms with Crippen molar-refractivity contribution in [1.29, 1.82) is 0 Å². The number of anilines is 2. The number of aryl methyl sites for hydroxylation is 1. The van der Waals surface area contributed by atoms with Crippen LogP contribution in [0.3, 0.4) is 0 Å². The summed E-state index contributed by atoms with van der Waals surface area (Å²) in [5.74, 6) is -1.84. The van der Waals surface area contributed by atoms with Gasteiger partial charge in [0.2, 0.25) is 17.7 Å². The Balaban J connectivity index is 1.25. The average Bonchev–Trinajstić information content (AvgIpc) is 3.33. The Morgan fingerprint density at radius 2 is 1.62 bits per heavy atom. The number of hydrogen-bond acceptors (Lipinski definition) is 5. The van der Waals surface area contributed by atoms with Crippen LogP contribution >= 0.6 is 0 Å². The minimum absolute atomic E-state index is 0.0222. The lowest BCUT2D eigenvalue weighted by Crippen LogP contribution is -2.31. The molecule has 3 amide bonds. The summed E-state index contributed by atoms with van der Waals surface area (Å²) >= 11 is 0. The zero-order valence-electron chi connectivity index (χ0n) is 19.1. The summed E-state index contributed by atoms with van der Waals surface area (Å²) in [4.78, 5) is 53.8. The van der Waals surface area contributed by atoms with Gasteiger partial charge < -0.3 is 9.64 Å². The summed E-state index contributed by atoms with van der Waals surface area (Å²) in [7, 11) is 0. The van der Waals surface area contributed by atoms with Crippen LogP contribution in [0.1, 0.15) is 25.3 Å². The molecule has 7 heteroatoms. The number of carbonyl (C=O) groups is 4. The molecule has 3 aliphatic rings. The van der Waals surface area contributed by atoms with E-state index in [9.17, 15) is 19.2 Å². The lowest BCUT2D eigenvalue weighted by Gasteiger charge is -2.22. The highest BCUT2D eigenvalue weighted by molar-refractivity contribution is 6.22. The highest BCUT2D eigenvalue weighted by Gasteiger charge is 2.50. The third-order valence-corrected chi connectivity index (χ3v) is 6.99. The zero-order valence-corrected chi connectivity index (χ0v) is 19.1. The molecular formula is C27H26N2O5. The van der Waals surface area contributed by atoms with Crippen molar-refractivity contribution in [3.05, 3.63) is 66.2 Å². The highest BCUT2D eigenvalue weighted by atomic mass is 16.5. The van der Waals surface area contributed by atoms with Crippen LogP contribution in [0.2, 0.25) is 0 Å². The highest BCUT2D eigenvalue weighted by Crippen LogP contribution is 2.40. The van der Waals surface area contributed by atoms with Gasteiger partial charge in [-0.25, -0.2) is 0 Å². The van der Waals surface area contributed by atoms with Crippen molar-refractivity contribution in [2.24, 2.45) is 23.7 Å². The number of allylic oxidation sites excluding steroid dienone is 2. The molecule has 7 nitrogen and oxygen atoms in total. The Kier molecular flexibility index (Phi) is 5.55. The average molecular weight is 459 g/mol. The SMILES string of the molecule is Cc1ccc(N2C[C@@H](C(=O)Oc3ccc(N4C(=O)[C@H]5[C@H](C)C=CC[C@@H]5C4=O)cc3)CC2=O)cc1. The van der Waals surface area contributed by atoms with Crippen LogP contribution in [-0.4, -0.2) is 30.2 Å². The Morgan fingerprint density at radius 1 is 0.941 bits per heavy atom. The van der Waals surface area contributed by atoms with E-state index in [2.05, 4.69) is 0 Å². The van der Waals surface area contributed by atoms with Gasteiger partial charge in [-0.05, 0) is 55.7 Å². The number of benzene rings is 2. The van der Waals surface area contributed by atoms with Crippen LogP contribution in [0.25, 0.3) is 0 Å². The Labute approximate surface area is 198 Å². The first kappa shape index (κ1) is 22.1. The molecule has 2 aliphatic heterocycles. The van der Waals surface area contributed by atoms with Gasteiger partial charge in [-0.15, -0.1) is 0 Å². The molecule has 2 fully saturated rings. The predicted octanol–water partition coefficient (Wildman–Crippen LogP) is 3.66. The maximum absolute atomic E-state index is 12.9. The Hall–Kier alpha value is -3.74. The molecule has 1 aliphatic carbocycles. The first-order valence-corrected chi connectivity index (χ1v) is 11.6. The first-order valence-electron chi connectivity index (χ1n) is 11.6. The van der Waals surface area contributed by atoms with Crippen LogP contribution in [0.4, 0.5) is 11.4 Å². The number of imide groups is 1. The van der Waals surface area contributed by atoms with E-state index < -0.39 is 11.9 Å². The number of hydrogen-bond donors (Lipinski definition) is 0. The van der Waals surface area contributed by atoms with Gasteiger partial charge in [0.25, 0.3) is 0 Å². The van der Waals surface area contributed by atoms with Crippen molar-refractivity contribution in [1.82, 2.24) is 0 Å². The molecule has 0 N–H and O–H groups in total. The molecule has 2 aromatic rings. The summed E-state index contributed by atoms with van der Waals surface area (Å²) in [6, 6.07) is 14.0. The second kappa shape index (κ2) is 8.56. The second-order valence-electron chi connectivity index (χ2n) is 9.32. The van der Waals surface area contributed by atoms with E-state index in [1.54, 1.807) is 29.2 Å². The number of carbonyl (C=O) groups excluding carboxylic acids is 4. The Morgan fingerprint density at radius 3 is 2.29 bits per heavy atom. The lowest BCUT2D eigenvalue weighted by molar-refractivity contribution is -0.139. The largest absolute Gasteiger partial charge is 0.426 e. The summed E-state index contributed by atoms with van der Waals surface area (Å²) in [6.07, 6.45) is 4.63. The zero-order chi connectivity index (χ0) is 24.0. The van der Waals surface area contributed by atoms with E-state index >= 15 is 0 Å². The molecule has 4 atom stereocenters. The fourth-order valence-electron chi connectivity index (χ4n) is 5.10. The minimum Gasteiger partial charge on any atom is -0.426 e. The third kappa shape index (κ3) is 3.81. The monoisotopic (exact) mass is 458 g/mol. The van der Waals surface area contributed by atoms with Crippen molar-refractivity contribution in [2.45, 2.75) is 26.7 Å². The number of amides is 3. The number of ether oxygens (including phenoxy) is 1. The van der Waals surface area contributed by atoms with Gasteiger partial charge >= 0.3 is 5.97 Å². The van der Waals surface area contributed by atoms with E-state index in [1.165, 1.54) is 4.90 Å². The summed E-state index contributed by atoms with van der Waals surface area (Å²) in [6.45, 7) is 4.20. The Bertz CT molecular complexity index is 1180. The topological polar surface area (TPSA) is 84.0 Å². The van der Waals surface area contributed by atoms with Crippen LogP contribution < -0.4 is 14.5 Å². The van der Waals surface area contributed by atoms with E-state index in [0.29, 0.717) is 17.9 Å². The van der Waals surface area contributed by atoms with E-state index in [1.807, 2.05) is 50.3 Å². The van der Waals surface area contributed by atoms with Gasteiger partial charge in [-0.1, -0.05) is 36.8 Å². The van der Waals surface area contributed by atoms with Crippen molar-refractivity contribution in [3.8, 4) is 5.75 Å². The molecule has 0 aromatic heterocycles. The molecule has 0 radical (unpaired) electrons. The van der Waals surface area contributed by atoms with Gasteiger partial charge in [0.1, 0.15) is 5.75 Å². The van der Waals surface area contributed by atoms with Gasteiger partial charge in [0.05, 0.1) is 23.4 Å². The van der Waals surface area contributed by atoms with Crippen molar-refractivity contribution in [3.63, 3.8) is 0 Å². The van der Waals surface area contributed by atoms with Gasteiger partial charge in [0.15, 0.2) is 0 Å². The fraction of sp³-hybridized carbons (Fsp3) is 0.333. The second-order valence-corrected chi connectivity index (χ2v) is 9.32. The third-order valence-electron chi connectivity index (χ3n) is 6.99. The van der Waals surface area contributed by atoms with Crippen molar-refractivity contribution < 1.29 is 23.9 Å². The van der Waals surface area contributed by atoms with Gasteiger partial charge in [0, 0.05) is 18.7 Å². The van der Waals surface area contributed by atoms with E-state index in [0.717, 1.165) is 11.3 Å². The molecule has 174 valence electrons. The van der Waals surface area contributed by atoms with Crippen LogP contribution in [0.15, 0.2) is 60.7 Å².